The first-order valence-corrected chi connectivity index (χ1v) is 6.91. The largest absolute Gasteiger partial charge is 0.345 e. The Labute approximate surface area is 82.4 Å². The van der Waals surface area contributed by atoms with Gasteiger partial charge in [-0.05, 0) is 12.6 Å². The zero-order chi connectivity index (χ0) is 9.73. The van der Waals surface area contributed by atoms with Crippen molar-refractivity contribution in [3.63, 3.8) is 0 Å². The van der Waals surface area contributed by atoms with E-state index in [1.807, 2.05) is 0 Å². The van der Waals surface area contributed by atoms with Crippen molar-refractivity contribution in [1.82, 2.24) is 5.32 Å². The highest BCUT2D eigenvalue weighted by atomic mass is 28.3. The lowest BCUT2D eigenvalue weighted by atomic mass is 10.4. The molecule has 0 amide bonds. The fraction of sp³-hybridized carbons (Fsp3) is 1.00. The molecule has 1 fully saturated rings. The van der Waals surface area contributed by atoms with Gasteiger partial charge in [-0.25, -0.2) is 0 Å². The van der Waals surface area contributed by atoms with Gasteiger partial charge in [0.2, 0.25) is 5.53 Å². The van der Waals surface area contributed by atoms with Gasteiger partial charge in [-0.2, -0.15) is 0 Å². The lowest BCUT2D eigenvalue weighted by Gasteiger charge is -2.31. The van der Waals surface area contributed by atoms with E-state index >= 15 is 0 Å². The summed E-state index contributed by atoms with van der Waals surface area (Å²) >= 11 is 0. The predicted octanol–water partition coefficient (Wildman–Crippen LogP) is 1.37. The number of methoxy groups -OCH3 is 2. The molecule has 1 aliphatic heterocycles. The summed E-state index contributed by atoms with van der Waals surface area (Å²) in [6.45, 7) is 3.27. The van der Waals surface area contributed by atoms with Crippen LogP contribution >= 0.6 is 0 Å². The first kappa shape index (κ1) is 11.2. The SMILES string of the molecule is CCCC[Si]1CCNC1(OC)OC. The smallest absolute Gasteiger partial charge is 0.202 e. The maximum atomic E-state index is 5.47. The summed E-state index contributed by atoms with van der Waals surface area (Å²) in [5, 5.41) is 3.33. The molecule has 4 heteroatoms. The Bertz CT molecular complexity index is 151. The molecule has 77 valence electrons. The topological polar surface area (TPSA) is 30.5 Å². The van der Waals surface area contributed by atoms with Gasteiger partial charge in [0.05, 0.1) is 0 Å². The van der Waals surface area contributed by atoms with Crippen molar-refractivity contribution >= 4 is 8.80 Å². The van der Waals surface area contributed by atoms with E-state index in [1.54, 1.807) is 14.2 Å². The van der Waals surface area contributed by atoms with Crippen LogP contribution in [0.3, 0.4) is 0 Å². The van der Waals surface area contributed by atoms with Crippen LogP contribution < -0.4 is 5.32 Å². The van der Waals surface area contributed by atoms with E-state index in [2.05, 4.69) is 12.2 Å². The minimum Gasteiger partial charge on any atom is -0.345 e. The Balaban J connectivity index is 2.50. The van der Waals surface area contributed by atoms with Crippen LogP contribution in [0.1, 0.15) is 19.8 Å². The third-order valence-electron chi connectivity index (χ3n) is 2.66. The van der Waals surface area contributed by atoms with E-state index in [-0.39, 0.29) is 0 Å². The quantitative estimate of drug-likeness (QED) is 0.539. The van der Waals surface area contributed by atoms with Crippen LogP contribution in [-0.2, 0) is 9.47 Å². The lowest BCUT2D eigenvalue weighted by Crippen LogP contribution is -2.53. The second-order valence-corrected chi connectivity index (χ2v) is 6.27. The van der Waals surface area contributed by atoms with Crippen molar-refractivity contribution in [2.75, 3.05) is 20.8 Å². The summed E-state index contributed by atoms with van der Waals surface area (Å²) in [5.41, 5.74) is -0.403. The van der Waals surface area contributed by atoms with E-state index < -0.39 is 14.3 Å². The van der Waals surface area contributed by atoms with Crippen LogP contribution in [0.25, 0.3) is 0 Å². The summed E-state index contributed by atoms with van der Waals surface area (Å²) < 4.78 is 10.9. The molecule has 0 aromatic carbocycles. The van der Waals surface area contributed by atoms with E-state index in [4.69, 9.17) is 9.47 Å². The molecule has 0 bridgehead atoms. The van der Waals surface area contributed by atoms with Crippen molar-refractivity contribution in [3.05, 3.63) is 0 Å². The number of hydrogen-bond donors (Lipinski definition) is 1. The molecule has 1 saturated heterocycles. The third-order valence-corrected chi connectivity index (χ3v) is 5.98. The van der Waals surface area contributed by atoms with Crippen LogP contribution in [0.15, 0.2) is 0 Å². The van der Waals surface area contributed by atoms with Gasteiger partial charge in [0.15, 0.2) is 0 Å². The van der Waals surface area contributed by atoms with E-state index in [9.17, 15) is 0 Å². The molecule has 0 aromatic rings. The second kappa shape index (κ2) is 5.10. The Morgan fingerprint density at radius 2 is 2.08 bits per heavy atom. The number of ether oxygens (including phenoxy) is 2. The summed E-state index contributed by atoms with van der Waals surface area (Å²) in [6, 6.07) is 2.54. The number of hydrogen-bond acceptors (Lipinski definition) is 3. The van der Waals surface area contributed by atoms with Crippen molar-refractivity contribution < 1.29 is 9.47 Å². The van der Waals surface area contributed by atoms with E-state index in [0.717, 1.165) is 6.54 Å². The maximum absolute atomic E-state index is 5.47. The summed E-state index contributed by atoms with van der Waals surface area (Å²) in [4.78, 5) is 0. The zero-order valence-corrected chi connectivity index (χ0v) is 9.85. The van der Waals surface area contributed by atoms with E-state index in [1.165, 1.54) is 24.9 Å². The minimum absolute atomic E-state index is 0.403. The van der Waals surface area contributed by atoms with Gasteiger partial charge in [0.25, 0.3) is 0 Å². The van der Waals surface area contributed by atoms with Crippen molar-refractivity contribution in [1.29, 1.82) is 0 Å². The number of unbranched alkanes of at least 4 members (excludes halogenated alkanes) is 1. The standard InChI is InChI=1S/C9H20NO2Si/c1-4-5-7-13-8-6-10-9(13,11-2)12-3/h10H,4-8H2,1-3H3. The summed E-state index contributed by atoms with van der Waals surface area (Å²) in [5.74, 6) is 0. The molecule has 1 rings (SSSR count). The van der Waals surface area contributed by atoms with Crippen LogP contribution in [0, 0.1) is 0 Å². The van der Waals surface area contributed by atoms with Crippen LogP contribution in [0.5, 0.6) is 0 Å². The Kier molecular flexibility index (Phi) is 4.38. The molecule has 0 aliphatic carbocycles. The van der Waals surface area contributed by atoms with Gasteiger partial charge in [0, 0.05) is 14.2 Å². The molecule has 3 nitrogen and oxygen atoms in total. The highest BCUT2D eigenvalue weighted by Crippen LogP contribution is 2.25. The van der Waals surface area contributed by atoms with Gasteiger partial charge in [0.1, 0.15) is 8.80 Å². The normalized spacial score (nSPS) is 22.4. The molecule has 1 aliphatic rings. The molecule has 0 atom stereocenters. The molecule has 0 unspecified atom stereocenters. The van der Waals surface area contributed by atoms with Crippen LogP contribution in [0.2, 0.25) is 12.1 Å². The maximum Gasteiger partial charge on any atom is 0.202 e. The van der Waals surface area contributed by atoms with Crippen molar-refractivity contribution in [2.24, 2.45) is 0 Å². The molecule has 0 spiro atoms. The molecule has 1 heterocycles. The fourth-order valence-corrected chi connectivity index (χ4v) is 4.93. The van der Waals surface area contributed by atoms with Crippen molar-refractivity contribution in [3.8, 4) is 0 Å². The summed E-state index contributed by atoms with van der Waals surface area (Å²) in [7, 11) is 2.94. The average molecular weight is 202 g/mol. The lowest BCUT2D eigenvalue weighted by molar-refractivity contribution is -0.162. The fourth-order valence-electron chi connectivity index (χ4n) is 1.86. The zero-order valence-electron chi connectivity index (χ0n) is 8.85. The summed E-state index contributed by atoms with van der Waals surface area (Å²) in [6.07, 6.45) is 2.56. The first-order chi connectivity index (χ1) is 6.29. The highest BCUT2D eigenvalue weighted by Gasteiger charge is 2.44. The van der Waals surface area contributed by atoms with Gasteiger partial charge in [-0.1, -0.05) is 25.8 Å². The molecular formula is C9H20NO2Si. The van der Waals surface area contributed by atoms with Crippen LogP contribution in [-0.4, -0.2) is 35.1 Å². The molecule has 1 radical (unpaired) electrons. The van der Waals surface area contributed by atoms with Gasteiger partial charge in [-0.15, -0.1) is 0 Å². The Morgan fingerprint density at radius 1 is 1.38 bits per heavy atom. The molecule has 0 saturated carbocycles. The minimum atomic E-state index is -0.530. The second-order valence-electron chi connectivity index (χ2n) is 3.41. The average Bonchev–Trinajstić information content (AvgIpc) is 2.58. The number of nitrogens with one attached hydrogen (secondary N) is 1. The third kappa shape index (κ3) is 2.31. The van der Waals surface area contributed by atoms with Crippen LogP contribution in [0.4, 0.5) is 0 Å². The monoisotopic (exact) mass is 202 g/mol. The molecule has 0 aromatic heterocycles. The van der Waals surface area contributed by atoms with Gasteiger partial charge >= 0.3 is 0 Å². The molecular weight excluding hydrogens is 182 g/mol. The Morgan fingerprint density at radius 3 is 2.62 bits per heavy atom. The highest BCUT2D eigenvalue weighted by molar-refractivity contribution is 6.62. The predicted molar refractivity (Wildman–Crippen MR) is 55.0 cm³/mol. The number of rotatable bonds is 5. The van der Waals surface area contributed by atoms with Gasteiger partial charge < -0.3 is 9.47 Å². The van der Waals surface area contributed by atoms with E-state index in [0.29, 0.717) is 0 Å². The molecule has 13 heavy (non-hydrogen) atoms. The Hall–Kier alpha value is 0.0969. The van der Waals surface area contributed by atoms with Gasteiger partial charge in [-0.3, -0.25) is 5.32 Å². The van der Waals surface area contributed by atoms with Crippen molar-refractivity contribution in [2.45, 2.75) is 37.4 Å². The molecule has 1 N–H and O–H groups in total. The first-order valence-electron chi connectivity index (χ1n) is 4.99.